The summed E-state index contributed by atoms with van der Waals surface area (Å²) in [6.45, 7) is 10.1. The number of para-hydroxylation sites is 1. The maximum Gasteiger partial charge on any atom is 0.209 e. The number of aliphatic hydroxyl groups is 1. The van der Waals surface area contributed by atoms with Crippen LogP contribution < -0.4 is 4.90 Å². The SMILES string of the molecule is C[N+]1=C(C=C2C(=O)C(/C=C3/N(CCC[N+](C)(C)C)c4ccc(F)cc4C3(C)C)=C2O)C(C)(C)c2ccccc21. The fourth-order valence-electron chi connectivity index (χ4n) is 6.29. The Balaban J connectivity index is 1.53. The zero-order chi connectivity index (χ0) is 28.5. The first-order chi connectivity index (χ1) is 18.1. The molecule has 0 saturated carbocycles. The van der Waals surface area contributed by atoms with Gasteiger partial charge in [0.25, 0.3) is 0 Å². The molecule has 5 rings (SSSR count). The number of aliphatic hydroxyl groups excluding tert-OH is 1. The Bertz CT molecular complexity index is 1520. The Morgan fingerprint density at radius 1 is 1.00 bits per heavy atom. The monoisotopic (exact) mass is 529 g/mol. The number of hydrogen-bond acceptors (Lipinski definition) is 3. The molecule has 0 spiro atoms. The van der Waals surface area contributed by atoms with Crippen LogP contribution in [0.5, 0.6) is 0 Å². The topological polar surface area (TPSA) is 43.5 Å². The van der Waals surface area contributed by atoms with Gasteiger partial charge in [-0.25, -0.2) is 4.39 Å². The summed E-state index contributed by atoms with van der Waals surface area (Å²) in [5.74, 6) is -0.427. The summed E-state index contributed by atoms with van der Waals surface area (Å²) in [4.78, 5) is 15.7. The molecule has 6 heteroatoms. The molecule has 0 unspecified atom stereocenters. The van der Waals surface area contributed by atoms with E-state index >= 15 is 0 Å². The van der Waals surface area contributed by atoms with Crippen molar-refractivity contribution in [2.75, 3.05) is 46.2 Å². The second kappa shape index (κ2) is 9.02. The summed E-state index contributed by atoms with van der Waals surface area (Å²) in [5.41, 5.74) is 5.84. The van der Waals surface area contributed by atoms with Gasteiger partial charge >= 0.3 is 0 Å². The molecule has 0 fully saturated rings. The molecule has 204 valence electrons. The summed E-state index contributed by atoms with van der Waals surface area (Å²) in [7, 11) is 8.49. The van der Waals surface area contributed by atoms with Crippen LogP contribution >= 0.6 is 0 Å². The highest BCUT2D eigenvalue weighted by Crippen LogP contribution is 2.49. The van der Waals surface area contributed by atoms with E-state index < -0.39 is 5.41 Å². The lowest BCUT2D eigenvalue weighted by atomic mass is 9.77. The van der Waals surface area contributed by atoms with Gasteiger partial charge in [-0.15, -0.1) is 0 Å². The van der Waals surface area contributed by atoms with E-state index in [0.29, 0.717) is 11.1 Å². The number of carbonyl (C=O) groups is 1. The van der Waals surface area contributed by atoms with E-state index in [2.05, 4.69) is 70.4 Å². The lowest BCUT2D eigenvalue weighted by Gasteiger charge is -2.30. The van der Waals surface area contributed by atoms with Crippen molar-refractivity contribution in [1.29, 1.82) is 0 Å². The van der Waals surface area contributed by atoms with Crippen LogP contribution in [0.4, 0.5) is 15.8 Å². The average molecular weight is 530 g/mol. The van der Waals surface area contributed by atoms with Gasteiger partial charge in [0, 0.05) is 47.5 Å². The van der Waals surface area contributed by atoms with E-state index in [1.54, 1.807) is 6.07 Å². The molecule has 0 atom stereocenters. The fraction of sp³-hybridized carbons (Fsp3) is 0.394. The third-order valence-corrected chi connectivity index (χ3v) is 8.57. The number of Topliss-reactive ketones (excluding diaryl/α,β-unsaturated/α-hetero) is 1. The van der Waals surface area contributed by atoms with Gasteiger partial charge in [-0.3, -0.25) is 4.79 Å². The number of allylic oxidation sites excluding steroid dienone is 5. The van der Waals surface area contributed by atoms with Crippen molar-refractivity contribution in [1.82, 2.24) is 0 Å². The summed E-state index contributed by atoms with van der Waals surface area (Å²) in [6, 6.07) is 13.1. The minimum atomic E-state index is -0.523. The molecule has 5 nitrogen and oxygen atoms in total. The second-order valence-electron chi connectivity index (χ2n) is 13.1. The van der Waals surface area contributed by atoms with E-state index in [1.807, 2.05) is 37.4 Å². The van der Waals surface area contributed by atoms with Crippen LogP contribution in [-0.4, -0.2) is 66.9 Å². The highest BCUT2D eigenvalue weighted by molar-refractivity contribution is 6.24. The molecule has 2 aliphatic heterocycles. The molecule has 39 heavy (non-hydrogen) atoms. The molecule has 2 aromatic carbocycles. The van der Waals surface area contributed by atoms with Crippen LogP contribution in [0, 0.1) is 5.82 Å². The van der Waals surface area contributed by atoms with Crippen molar-refractivity contribution >= 4 is 22.9 Å². The van der Waals surface area contributed by atoms with Crippen LogP contribution in [0.1, 0.15) is 45.2 Å². The van der Waals surface area contributed by atoms with Gasteiger partial charge in [-0.1, -0.05) is 32.0 Å². The lowest BCUT2D eigenvalue weighted by molar-refractivity contribution is -0.870. The number of quaternary nitrogens is 1. The summed E-state index contributed by atoms with van der Waals surface area (Å²) in [5, 5.41) is 11.2. The predicted octanol–water partition coefficient (Wildman–Crippen LogP) is 5.93. The van der Waals surface area contributed by atoms with E-state index in [1.165, 1.54) is 11.6 Å². The molecular weight excluding hydrogens is 489 g/mol. The van der Waals surface area contributed by atoms with Crippen LogP contribution in [0.25, 0.3) is 0 Å². The van der Waals surface area contributed by atoms with Gasteiger partial charge < -0.3 is 14.5 Å². The number of anilines is 1. The molecule has 2 heterocycles. The highest BCUT2D eigenvalue weighted by Gasteiger charge is 2.46. The average Bonchev–Trinajstić information content (AvgIpc) is 3.18. The smallest absolute Gasteiger partial charge is 0.209 e. The van der Waals surface area contributed by atoms with Gasteiger partial charge in [0.1, 0.15) is 18.6 Å². The van der Waals surface area contributed by atoms with Crippen LogP contribution in [0.15, 0.2) is 77.2 Å². The fourth-order valence-corrected chi connectivity index (χ4v) is 6.29. The molecule has 0 amide bonds. The molecule has 1 N–H and O–H groups in total. The van der Waals surface area contributed by atoms with Gasteiger partial charge in [-0.2, -0.15) is 4.58 Å². The zero-order valence-corrected chi connectivity index (χ0v) is 24.4. The summed E-state index contributed by atoms with van der Waals surface area (Å²) < 4.78 is 17.3. The van der Waals surface area contributed by atoms with E-state index in [9.17, 15) is 14.3 Å². The quantitative estimate of drug-likeness (QED) is 0.287. The Morgan fingerprint density at radius 3 is 2.33 bits per heavy atom. The molecule has 0 aromatic heterocycles. The van der Waals surface area contributed by atoms with E-state index in [0.717, 1.165) is 52.3 Å². The van der Waals surface area contributed by atoms with E-state index in [4.69, 9.17) is 0 Å². The number of fused-ring (bicyclic) bond motifs is 2. The standard InChI is InChI=1S/C33H39FN3O2/c1-32(2)24-12-9-10-13-26(24)35(5)28(32)19-22-30(38)23(31(22)39)20-29-33(3,4)25-18-21(34)14-15-27(25)36(29)16-11-17-37(6,7)8/h9-10,12-15,18-20H,11,16-17H2,1-8H3/q+1/p+1. The number of nitrogens with zero attached hydrogens (tertiary/aromatic N) is 3. The van der Waals surface area contributed by atoms with Crippen molar-refractivity contribution < 1.29 is 23.4 Å². The molecule has 0 bridgehead atoms. The predicted molar refractivity (Wildman–Crippen MR) is 155 cm³/mol. The Morgan fingerprint density at radius 2 is 1.69 bits per heavy atom. The number of benzene rings is 2. The lowest BCUT2D eigenvalue weighted by Crippen LogP contribution is -2.37. The van der Waals surface area contributed by atoms with Gasteiger partial charge in [0.05, 0.1) is 44.2 Å². The van der Waals surface area contributed by atoms with Crippen molar-refractivity contribution in [3.8, 4) is 0 Å². The number of halogens is 1. The van der Waals surface area contributed by atoms with Gasteiger partial charge in [0.15, 0.2) is 5.71 Å². The zero-order valence-electron chi connectivity index (χ0n) is 24.4. The van der Waals surface area contributed by atoms with Crippen molar-refractivity contribution in [3.05, 3.63) is 94.2 Å². The minimum absolute atomic E-state index is 0.0180. The molecule has 0 radical (unpaired) electrons. The van der Waals surface area contributed by atoms with Crippen molar-refractivity contribution in [2.45, 2.75) is 44.9 Å². The number of ketones is 1. The second-order valence-corrected chi connectivity index (χ2v) is 13.1. The third-order valence-electron chi connectivity index (χ3n) is 8.57. The van der Waals surface area contributed by atoms with Crippen LogP contribution in [0.2, 0.25) is 0 Å². The molecule has 1 aliphatic carbocycles. The number of hydrogen-bond donors (Lipinski definition) is 1. The Kier molecular flexibility index (Phi) is 6.26. The minimum Gasteiger partial charge on any atom is -0.506 e. The number of carbonyl (C=O) groups excluding carboxylic acids is 1. The summed E-state index contributed by atoms with van der Waals surface area (Å²) in [6.07, 6.45) is 4.59. The van der Waals surface area contributed by atoms with Gasteiger partial charge in [-0.05, 0) is 43.7 Å². The maximum atomic E-state index is 14.3. The first kappa shape index (κ1) is 27.1. The van der Waals surface area contributed by atoms with Crippen molar-refractivity contribution in [3.63, 3.8) is 0 Å². The maximum absolute atomic E-state index is 14.3. The van der Waals surface area contributed by atoms with Gasteiger partial charge in [0.2, 0.25) is 11.5 Å². The van der Waals surface area contributed by atoms with Crippen LogP contribution in [0.3, 0.4) is 0 Å². The van der Waals surface area contributed by atoms with E-state index in [-0.39, 0.29) is 22.8 Å². The van der Waals surface area contributed by atoms with Crippen molar-refractivity contribution in [2.24, 2.45) is 0 Å². The number of rotatable bonds is 6. The molecule has 2 aromatic rings. The Labute approximate surface area is 231 Å². The first-order valence-corrected chi connectivity index (χ1v) is 13.7. The summed E-state index contributed by atoms with van der Waals surface area (Å²) >= 11 is 0. The Hall–Kier alpha value is -3.51. The third kappa shape index (κ3) is 4.35. The molecular formula is C33H40FN3O2+2. The highest BCUT2D eigenvalue weighted by atomic mass is 19.1. The molecule has 3 aliphatic rings. The van der Waals surface area contributed by atoms with Crippen LogP contribution in [-0.2, 0) is 15.6 Å². The largest absolute Gasteiger partial charge is 0.506 e. The normalized spacial score (nSPS) is 21.7. The first-order valence-electron chi connectivity index (χ1n) is 13.7. The molecule has 0 saturated heterocycles.